The largest absolute Gasteiger partial charge is 0.440 e. The molecule has 1 aromatic heterocycles. The van der Waals surface area contributed by atoms with Crippen molar-refractivity contribution in [3.05, 3.63) is 52.9 Å². The Morgan fingerprint density at radius 2 is 1.86 bits per heavy atom. The number of nitrogens with one attached hydrogen (secondary N) is 1. The van der Waals surface area contributed by atoms with Gasteiger partial charge in [-0.25, -0.2) is 13.6 Å². The van der Waals surface area contributed by atoms with Crippen LogP contribution in [0.2, 0.25) is 5.22 Å². The number of rotatable bonds is 4. The lowest BCUT2D eigenvalue weighted by Gasteiger charge is -2.13. The highest BCUT2D eigenvalue weighted by molar-refractivity contribution is 7.89. The monoisotopic (exact) mass is 328 g/mol. The normalized spacial score (nSPS) is 12.9. The van der Waals surface area contributed by atoms with Crippen molar-refractivity contribution in [2.75, 3.05) is 0 Å². The molecule has 8 heteroatoms. The summed E-state index contributed by atoms with van der Waals surface area (Å²) in [6.07, 6.45) is 0. The minimum absolute atomic E-state index is 0.0163. The van der Waals surface area contributed by atoms with E-state index in [1.807, 2.05) is 0 Å². The molecule has 1 atom stereocenters. The average Bonchev–Trinajstić information content (AvgIpc) is 2.84. The third kappa shape index (κ3) is 3.84. The highest BCUT2D eigenvalue weighted by Crippen LogP contribution is 2.17. The summed E-state index contributed by atoms with van der Waals surface area (Å²) in [5.41, 5.74) is 0.730. The van der Waals surface area contributed by atoms with Crippen LogP contribution in [-0.2, 0) is 10.0 Å². The van der Waals surface area contributed by atoms with Crippen LogP contribution in [0.1, 0.15) is 29.1 Å². The fraction of sp³-hybridized carbons (Fsp3) is 0.154. The van der Waals surface area contributed by atoms with Crippen molar-refractivity contribution in [2.24, 2.45) is 5.14 Å². The van der Waals surface area contributed by atoms with E-state index >= 15 is 0 Å². The van der Waals surface area contributed by atoms with Crippen LogP contribution in [-0.4, -0.2) is 14.3 Å². The van der Waals surface area contributed by atoms with Crippen LogP contribution in [0.25, 0.3) is 0 Å². The Bertz CT molecular complexity index is 753. The molecule has 2 aromatic rings. The summed E-state index contributed by atoms with van der Waals surface area (Å²) >= 11 is 5.60. The Hall–Kier alpha value is -1.83. The average molecular weight is 329 g/mol. The summed E-state index contributed by atoms with van der Waals surface area (Å²) in [5, 5.41) is 7.86. The van der Waals surface area contributed by atoms with Crippen LogP contribution in [0.4, 0.5) is 0 Å². The van der Waals surface area contributed by atoms with Gasteiger partial charge in [-0.3, -0.25) is 4.79 Å². The van der Waals surface area contributed by atoms with Crippen LogP contribution >= 0.6 is 11.6 Å². The number of benzene rings is 1. The van der Waals surface area contributed by atoms with Gasteiger partial charge in [0.1, 0.15) is 0 Å². The summed E-state index contributed by atoms with van der Waals surface area (Å²) in [6.45, 7) is 1.76. The Morgan fingerprint density at radius 1 is 1.24 bits per heavy atom. The number of hydrogen-bond donors (Lipinski definition) is 2. The molecule has 0 aliphatic carbocycles. The fourth-order valence-corrected chi connectivity index (χ4v) is 2.40. The molecule has 0 aliphatic heterocycles. The summed E-state index contributed by atoms with van der Waals surface area (Å²) in [7, 11) is -3.73. The van der Waals surface area contributed by atoms with Crippen molar-refractivity contribution in [3.63, 3.8) is 0 Å². The van der Waals surface area contributed by atoms with Crippen molar-refractivity contribution in [3.8, 4) is 0 Å². The summed E-state index contributed by atoms with van der Waals surface area (Å²) < 4.78 is 27.3. The molecule has 2 rings (SSSR count). The number of nitrogens with two attached hydrogens (primary N) is 1. The van der Waals surface area contributed by atoms with Crippen LogP contribution in [0.15, 0.2) is 45.7 Å². The number of hydrogen-bond acceptors (Lipinski definition) is 4. The van der Waals surface area contributed by atoms with Crippen LogP contribution < -0.4 is 10.5 Å². The minimum atomic E-state index is -3.73. The molecule has 0 bridgehead atoms. The second-order valence-corrected chi connectivity index (χ2v) is 6.35. The van der Waals surface area contributed by atoms with Crippen molar-refractivity contribution >= 4 is 27.5 Å². The van der Waals surface area contributed by atoms with Gasteiger partial charge in [0.25, 0.3) is 5.91 Å². The van der Waals surface area contributed by atoms with Gasteiger partial charge < -0.3 is 9.73 Å². The molecule has 0 saturated carbocycles. The summed E-state index contributed by atoms with van der Waals surface area (Å²) in [5.74, 6) is -0.307. The van der Waals surface area contributed by atoms with E-state index in [1.165, 1.54) is 24.3 Å². The number of carbonyl (C=O) groups is 1. The minimum Gasteiger partial charge on any atom is -0.440 e. The molecule has 1 aromatic carbocycles. The number of furan rings is 1. The molecule has 1 amide bonds. The Balaban J connectivity index is 2.10. The van der Waals surface area contributed by atoms with Crippen molar-refractivity contribution in [2.45, 2.75) is 17.9 Å². The van der Waals surface area contributed by atoms with Gasteiger partial charge in [-0.2, -0.15) is 0 Å². The quantitative estimate of drug-likeness (QED) is 0.896. The van der Waals surface area contributed by atoms with Gasteiger partial charge in [0.15, 0.2) is 11.0 Å². The highest BCUT2D eigenvalue weighted by Gasteiger charge is 2.15. The molecule has 0 fully saturated rings. The smallest absolute Gasteiger partial charge is 0.287 e. The SMILES string of the molecule is C[C@H](NC(=O)c1ccc(Cl)o1)c1ccc(S(N)(=O)=O)cc1. The highest BCUT2D eigenvalue weighted by atomic mass is 35.5. The first-order valence-electron chi connectivity index (χ1n) is 5.96. The fourth-order valence-electron chi connectivity index (χ4n) is 1.73. The molecule has 0 radical (unpaired) electrons. The lowest BCUT2D eigenvalue weighted by atomic mass is 10.1. The molecule has 112 valence electrons. The van der Waals surface area contributed by atoms with Gasteiger partial charge in [-0.05, 0) is 48.4 Å². The van der Waals surface area contributed by atoms with E-state index in [4.69, 9.17) is 21.2 Å². The third-order valence-corrected chi connectivity index (χ3v) is 3.99. The second-order valence-electron chi connectivity index (χ2n) is 4.41. The molecule has 0 unspecified atom stereocenters. The molecular formula is C13H13ClN2O4S. The molecule has 6 nitrogen and oxygen atoms in total. The van der Waals surface area contributed by atoms with E-state index in [1.54, 1.807) is 19.1 Å². The maximum Gasteiger partial charge on any atom is 0.287 e. The van der Waals surface area contributed by atoms with E-state index in [0.29, 0.717) is 0 Å². The standard InChI is InChI=1S/C13H13ClN2O4S/c1-8(16-13(17)11-6-7-12(14)20-11)9-2-4-10(5-3-9)21(15,18)19/h2-8H,1H3,(H,16,17)(H2,15,18,19)/t8-/m0/s1. The first-order chi connectivity index (χ1) is 9.77. The van der Waals surface area contributed by atoms with Crippen molar-refractivity contribution in [1.82, 2.24) is 5.32 Å². The number of amides is 1. The maximum atomic E-state index is 11.9. The van der Waals surface area contributed by atoms with Crippen LogP contribution in [0, 0.1) is 0 Å². The maximum absolute atomic E-state index is 11.9. The molecule has 0 aliphatic rings. The van der Waals surface area contributed by atoms with Gasteiger partial charge in [-0.1, -0.05) is 12.1 Å². The molecule has 3 N–H and O–H groups in total. The van der Waals surface area contributed by atoms with Gasteiger partial charge in [0.05, 0.1) is 10.9 Å². The Labute approximate surface area is 126 Å². The summed E-state index contributed by atoms with van der Waals surface area (Å²) in [6, 6.07) is 8.54. The molecular weight excluding hydrogens is 316 g/mol. The summed E-state index contributed by atoms with van der Waals surface area (Å²) in [4.78, 5) is 11.9. The number of halogens is 1. The van der Waals surface area contributed by atoms with E-state index < -0.39 is 15.9 Å². The molecule has 21 heavy (non-hydrogen) atoms. The second kappa shape index (κ2) is 5.88. The number of carbonyl (C=O) groups excluding carboxylic acids is 1. The third-order valence-electron chi connectivity index (χ3n) is 2.85. The van der Waals surface area contributed by atoms with Crippen LogP contribution in [0.5, 0.6) is 0 Å². The van der Waals surface area contributed by atoms with E-state index in [0.717, 1.165) is 5.56 Å². The van der Waals surface area contributed by atoms with Crippen molar-refractivity contribution < 1.29 is 17.6 Å². The zero-order valence-electron chi connectivity index (χ0n) is 11.0. The van der Waals surface area contributed by atoms with E-state index in [9.17, 15) is 13.2 Å². The first-order valence-corrected chi connectivity index (χ1v) is 7.89. The zero-order chi connectivity index (χ0) is 15.6. The molecule has 0 saturated heterocycles. The zero-order valence-corrected chi connectivity index (χ0v) is 12.6. The van der Waals surface area contributed by atoms with E-state index in [2.05, 4.69) is 5.32 Å². The molecule has 0 spiro atoms. The van der Waals surface area contributed by atoms with Gasteiger partial charge in [-0.15, -0.1) is 0 Å². The predicted octanol–water partition coefficient (Wildman–Crippen LogP) is 2.07. The Kier molecular flexibility index (Phi) is 4.36. The van der Waals surface area contributed by atoms with Crippen molar-refractivity contribution in [1.29, 1.82) is 0 Å². The molecule has 1 heterocycles. The Morgan fingerprint density at radius 3 is 2.33 bits per heavy atom. The lowest BCUT2D eigenvalue weighted by molar-refractivity contribution is 0.0912. The predicted molar refractivity (Wildman–Crippen MR) is 77.4 cm³/mol. The van der Waals surface area contributed by atoms with Gasteiger partial charge in [0, 0.05) is 0 Å². The number of sulfonamides is 1. The topological polar surface area (TPSA) is 102 Å². The van der Waals surface area contributed by atoms with Crippen LogP contribution in [0.3, 0.4) is 0 Å². The first kappa shape index (κ1) is 15.6. The van der Waals surface area contributed by atoms with Gasteiger partial charge >= 0.3 is 0 Å². The number of primary sulfonamides is 1. The van der Waals surface area contributed by atoms with E-state index in [-0.39, 0.29) is 21.9 Å². The lowest BCUT2D eigenvalue weighted by Crippen LogP contribution is -2.26. The van der Waals surface area contributed by atoms with Gasteiger partial charge in [0.2, 0.25) is 10.0 Å².